The van der Waals surface area contributed by atoms with Gasteiger partial charge in [-0.1, -0.05) is 36.8 Å². The lowest BCUT2D eigenvalue weighted by Gasteiger charge is -2.13. The summed E-state index contributed by atoms with van der Waals surface area (Å²) >= 11 is 0. The molecule has 0 fully saturated rings. The van der Waals surface area contributed by atoms with E-state index in [4.69, 9.17) is 10.5 Å². The maximum atomic E-state index is 13.7. The van der Waals surface area contributed by atoms with Crippen LogP contribution in [-0.2, 0) is 6.54 Å². The molecule has 21 heavy (non-hydrogen) atoms. The average Bonchev–Trinajstić information content (AvgIpc) is 2.47. The Bertz CT molecular complexity index is 596. The number of nitrogen functional groups attached to an aromatic ring is 1. The minimum Gasteiger partial charge on any atom is -0.490 e. The van der Waals surface area contributed by atoms with Crippen molar-refractivity contribution >= 4 is 11.4 Å². The zero-order valence-electron chi connectivity index (χ0n) is 12.4. The van der Waals surface area contributed by atoms with Crippen LogP contribution in [-0.4, -0.2) is 6.61 Å². The molecule has 0 bridgehead atoms. The Morgan fingerprint density at radius 2 is 1.90 bits per heavy atom. The van der Waals surface area contributed by atoms with Crippen molar-refractivity contribution in [3.8, 4) is 5.75 Å². The second-order valence-electron chi connectivity index (χ2n) is 5.06. The predicted octanol–water partition coefficient (Wildman–Crippen LogP) is 4.12. The quantitative estimate of drug-likeness (QED) is 0.786. The zero-order valence-corrected chi connectivity index (χ0v) is 12.4. The zero-order chi connectivity index (χ0) is 15.2. The van der Waals surface area contributed by atoms with Crippen LogP contribution in [0.25, 0.3) is 0 Å². The van der Waals surface area contributed by atoms with Gasteiger partial charge in [-0.25, -0.2) is 4.39 Å². The lowest BCUT2D eigenvalue weighted by Crippen LogP contribution is -2.05. The van der Waals surface area contributed by atoms with Gasteiger partial charge >= 0.3 is 0 Å². The van der Waals surface area contributed by atoms with Gasteiger partial charge in [0.25, 0.3) is 0 Å². The van der Waals surface area contributed by atoms with Crippen LogP contribution in [0.1, 0.15) is 24.5 Å². The Hall–Kier alpha value is -2.23. The summed E-state index contributed by atoms with van der Waals surface area (Å²) in [7, 11) is 0. The summed E-state index contributed by atoms with van der Waals surface area (Å²) in [4.78, 5) is 0. The van der Waals surface area contributed by atoms with E-state index >= 15 is 0 Å². The Labute approximate surface area is 124 Å². The lowest BCUT2D eigenvalue weighted by molar-refractivity contribution is 0.301. The van der Waals surface area contributed by atoms with Crippen LogP contribution in [0.5, 0.6) is 5.75 Å². The summed E-state index contributed by atoms with van der Waals surface area (Å²) < 4.78 is 19.1. The van der Waals surface area contributed by atoms with Gasteiger partial charge < -0.3 is 15.8 Å². The van der Waals surface area contributed by atoms with E-state index in [1.165, 1.54) is 11.6 Å². The van der Waals surface area contributed by atoms with Gasteiger partial charge in [0.2, 0.25) is 0 Å². The minimum atomic E-state index is -0.429. The summed E-state index contributed by atoms with van der Waals surface area (Å²) in [5.74, 6) is -0.195. The third-order valence-corrected chi connectivity index (χ3v) is 3.17. The molecule has 2 aromatic carbocycles. The van der Waals surface area contributed by atoms with Crippen molar-refractivity contribution in [3.63, 3.8) is 0 Å². The molecule has 0 unspecified atom stereocenters. The van der Waals surface area contributed by atoms with Gasteiger partial charge in [-0.3, -0.25) is 0 Å². The molecule has 2 rings (SSSR count). The fourth-order valence-corrected chi connectivity index (χ4v) is 1.95. The third kappa shape index (κ3) is 4.12. The topological polar surface area (TPSA) is 47.3 Å². The summed E-state index contributed by atoms with van der Waals surface area (Å²) in [6, 6.07) is 11.1. The molecule has 4 heteroatoms. The largest absolute Gasteiger partial charge is 0.490 e. The first-order chi connectivity index (χ1) is 10.1. The number of nitrogens with one attached hydrogen (secondary N) is 1. The van der Waals surface area contributed by atoms with Gasteiger partial charge in [-0.2, -0.15) is 0 Å². The number of aryl methyl sites for hydroxylation is 1. The fraction of sp³-hybridized carbons (Fsp3) is 0.294. The van der Waals surface area contributed by atoms with Crippen molar-refractivity contribution in [2.45, 2.75) is 26.8 Å². The maximum Gasteiger partial charge on any atom is 0.167 e. The van der Waals surface area contributed by atoms with Crippen molar-refractivity contribution in [2.75, 3.05) is 17.7 Å². The van der Waals surface area contributed by atoms with Gasteiger partial charge in [0.15, 0.2) is 11.6 Å². The molecule has 2 aromatic rings. The number of hydrogen-bond donors (Lipinski definition) is 2. The first-order valence-electron chi connectivity index (χ1n) is 7.11. The first kappa shape index (κ1) is 15.2. The molecule has 0 spiro atoms. The number of halogens is 1. The highest BCUT2D eigenvalue weighted by Crippen LogP contribution is 2.28. The van der Waals surface area contributed by atoms with Gasteiger partial charge in [-0.05, 0) is 18.9 Å². The van der Waals surface area contributed by atoms with Crippen molar-refractivity contribution in [3.05, 3.63) is 53.3 Å². The predicted molar refractivity (Wildman–Crippen MR) is 85.1 cm³/mol. The number of hydrogen-bond acceptors (Lipinski definition) is 3. The van der Waals surface area contributed by atoms with Gasteiger partial charge in [-0.15, -0.1) is 0 Å². The molecule has 0 aliphatic rings. The second kappa shape index (κ2) is 6.97. The van der Waals surface area contributed by atoms with E-state index in [9.17, 15) is 4.39 Å². The molecule has 3 nitrogen and oxygen atoms in total. The molecule has 0 saturated heterocycles. The third-order valence-electron chi connectivity index (χ3n) is 3.17. The monoisotopic (exact) mass is 288 g/mol. The van der Waals surface area contributed by atoms with Crippen LogP contribution in [0.4, 0.5) is 15.8 Å². The molecule has 112 valence electrons. The molecule has 0 aliphatic carbocycles. The van der Waals surface area contributed by atoms with Crippen LogP contribution in [0.3, 0.4) is 0 Å². The molecule has 3 N–H and O–H groups in total. The van der Waals surface area contributed by atoms with E-state index in [1.807, 2.05) is 13.8 Å². The van der Waals surface area contributed by atoms with E-state index in [1.54, 1.807) is 6.07 Å². The van der Waals surface area contributed by atoms with Crippen LogP contribution >= 0.6 is 0 Å². The SMILES string of the molecule is CCCOc1cc(NCc2ccc(C)cc2)c(N)cc1F. The second-order valence-corrected chi connectivity index (χ2v) is 5.06. The minimum absolute atomic E-state index is 0.234. The van der Waals surface area contributed by atoms with E-state index in [0.29, 0.717) is 24.5 Å². The summed E-state index contributed by atoms with van der Waals surface area (Å²) in [6.07, 6.45) is 0.829. The van der Waals surface area contributed by atoms with Crippen LogP contribution in [0.2, 0.25) is 0 Å². The van der Waals surface area contributed by atoms with Gasteiger partial charge in [0.1, 0.15) is 0 Å². The normalized spacial score (nSPS) is 10.4. The van der Waals surface area contributed by atoms with E-state index in [0.717, 1.165) is 12.0 Å². The smallest absolute Gasteiger partial charge is 0.167 e. The molecule has 0 radical (unpaired) electrons. The van der Waals surface area contributed by atoms with Crippen molar-refractivity contribution in [1.29, 1.82) is 0 Å². The fourth-order valence-electron chi connectivity index (χ4n) is 1.95. The highest BCUT2D eigenvalue weighted by molar-refractivity contribution is 5.68. The Morgan fingerprint density at radius 1 is 1.19 bits per heavy atom. The molecule has 0 aliphatic heterocycles. The van der Waals surface area contributed by atoms with E-state index in [-0.39, 0.29) is 5.75 Å². The molecular formula is C17H21FN2O. The Morgan fingerprint density at radius 3 is 2.57 bits per heavy atom. The molecule has 0 aromatic heterocycles. The Balaban J connectivity index is 2.09. The van der Waals surface area contributed by atoms with Crippen LogP contribution < -0.4 is 15.8 Å². The van der Waals surface area contributed by atoms with E-state index < -0.39 is 5.82 Å². The summed E-state index contributed by atoms with van der Waals surface area (Å²) in [6.45, 7) is 5.14. The average molecular weight is 288 g/mol. The molecule has 0 heterocycles. The number of anilines is 2. The van der Waals surface area contributed by atoms with Crippen LogP contribution in [0.15, 0.2) is 36.4 Å². The summed E-state index contributed by atoms with van der Waals surface area (Å²) in [5, 5.41) is 3.22. The number of ether oxygens (including phenoxy) is 1. The lowest BCUT2D eigenvalue weighted by atomic mass is 10.1. The molecule has 0 atom stereocenters. The maximum absolute atomic E-state index is 13.7. The van der Waals surface area contributed by atoms with Crippen LogP contribution in [0, 0.1) is 12.7 Å². The number of benzene rings is 2. The van der Waals surface area contributed by atoms with Crippen molar-refractivity contribution < 1.29 is 9.13 Å². The standard InChI is InChI=1S/C17H21FN2O/c1-3-8-21-17-10-16(15(19)9-14(17)18)20-11-13-6-4-12(2)5-7-13/h4-7,9-10,20H,3,8,11,19H2,1-2H3. The highest BCUT2D eigenvalue weighted by atomic mass is 19.1. The van der Waals surface area contributed by atoms with Gasteiger partial charge in [0, 0.05) is 18.7 Å². The van der Waals surface area contributed by atoms with Crippen molar-refractivity contribution in [1.82, 2.24) is 0 Å². The molecular weight excluding hydrogens is 267 g/mol. The molecule has 0 amide bonds. The Kier molecular flexibility index (Phi) is 5.04. The number of rotatable bonds is 6. The number of nitrogens with two attached hydrogens (primary N) is 1. The van der Waals surface area contributed by atoms with E-state index in [2.05, 4.69) is 29.6 Å². The molecule has 0 saturated carbocycles. The van der Waals surface area contributed by atoms with Gasteiger partial charge in [0.05, 0.1) is 18.0 Å². The van der Waals surface area contributed by atoms with Crippen molar-refractivity contribution in [2.24, 2.45) is 0 Å². The highest BCUT2D eigenvalue weighted by Gasteiger charge is 2.09. The first-order valence-corrected chi connectivity index (χ1v) is 7.11. The summed E-state index contributed by atoms with van der Waals surface area (Å²) in [5.41, 5.74) is 9.27.